The van der Waals surface area contributed by atoms with Crippen LogP contribution >= 0.6 is 0 Å². The Bertz CT molecular complexity index is 607. The van der Waals surface area contributed by atoms with Crippen molar-refractivity contribution in [1.82, 2.24) is 20.0 Å². The maximum atomic E-state index is 12.8. The second kappa shape index (κ2) is 7.23. The molecule has 1 aliphatic carbocycles. The summed E-state index contributed by atoms with van der Waals surface area (Å²) in [5.41, 5.74) is 0.455. The molecule has 0 aromatic carbocycles. The molecule has 2 amide bonds. The molecule has 24 heavy (non-hydrogen) atoms. The van der Waals surface area contributed by atoms with Gasteiger partial charge in [-0.05, 0) is 25.7 Å². The summed E-state index contributed by atoms with van der Waals surface area (Å²) in [7, 11) is 3.26. The van der Waals surface area contributed by atoms with E-state index in [0.29, 0.717) is 30.6 Å². The van der Waals surface area contributed by atoms with E-state index >= 15 is 0 Å². The molecule has 2 fully saturated rings. The van der Waals surface area contributed by atoms with Crippen molar-refractivity contribution in [2.75, 3.05) is 20.2 Å². The van der Waals surface area contributed by atoms with E-state index in [1.54, 1.807) is 22.8 Å². The number of rotatable bonds is 4. The van der Waals surface area contributed by atoms with E-state index in [0.717, 1.165) is 25.7 Å². The van der Waals surface area contributed by atoms with Crippen LogP contribution < -0.4 is 10.1 Å². The first-order chi connectivity index (χ1) is 11.6. The molecule has 132 valence electrons. The number of aromatic nitrogens is 2. The lowest BCUT2D eigenvalue weighted by Gasteiger charge is -2.32. The zero-order chi connectivity index (χ0) is 17.1. The normalized spacial score (nSPS) is 21.8. The zero-order valence-corrected chi connectivity index (χ0v) is 14.5. The molecule has 2 heterocycles. The highest BCUT2D eigenvalue weighted by Gasteiger charge is 2.32. The number of carbonyl (C=O) groups excluding carboxylic acids is 2. The van der Waals surface area contributed by atoms with Crippen LogP contribution in [0.3, 0.4) is 0 Å². The minimum absolute atomic E-state index is 0.0950. The van der Waals surface area contributed by atoms with Crippen LogP contribution in [0.1, 0.15) is 48.9 Å². The van der Waals surface area contributed by atoms with Crippen LogP contribution in [-0.4, -0.2) is 52.7 Å². The van der Waals surface area contributed by atoms with Gasteiger partial charge in [0.2, 0.25) is 11.8 Å². The van der Waals surface area contributed by atoms with Gasteiger partial charge >= 0.3 is 0 Å². The van der Waals surface area contributed by atoms with Gasteiger partial charge in [0.25, 0.3) is 5.91 Å². The van der Waals surface area contributed by atoms with Crippen molar-refractivity contribution in [3.05, 3.63) is 11.8 Å². The summed E-state index contributed by atoms with van der Waals surface area (Å²) in [6, 6.07) is 0.321. The van der Waals surface area contributed by atoms with Gasteiger partial charge in [0, 0.05) is 32.4 Å². The standard InChI is InChI=1S/C17H26N4O3/c1-20-11-14(16(19-20)24-2)17(23)21-9-5-6-12(10-21)15(22)18-13-7-3-4-8-13/h11-13H,3-10H2,1-2H3,(H,18,22)/t12-/m0/s1. The zero-order valence-electron chi connectivity index (χ0n) is 14.5. The molecule has 3 rings (SSSR count). The number of hydrogen-bond donors (Lipinski definition) is 1. The van der Waals surface area contributed by atoms with Crippen molar-refractivity contribution in [1.29, 1.82) is 0 Å². The fourth-order valence-corrected chi connectivity index (χ4v) is 3.70. The van der Waals surface area contributed by atoms with Gasteiger partial charge in [-0.2, -0.15) is 0 Å². The third-order valence-corrected chi connectivity index (χ3v) is 5.00. The monoisotopic (exact) mass is 334 g/mol. The molecule has 7 nitrogen and oxygen atoms in total. The van der Waals surface area contributed by atoms with Crippen molar-refractivity contribution in [3.8, 4) is 5.88 Å². The van der Waals surface area contributed by atoms with Crippen molar-refractivity contribution >= 4 is 11.8 Å². The summed E-state index contributed by atoms with van der Waals surface area (Å²) in [5.74, 6) is 0.196. The molecule has 1 N–H and O–H groups in total. The Hall–Kier alpha value is -2.05. The molecule has 1 aliphatic heterocycles. The Morgan fingerprint density at radius 3 is 2.71 bits per heavy atom. The molecule has 0 radical (unpaired) electrons. The largest absolute Gasteiger partial charge is 0.479 e. The molecule has 1 saturated heterocycles. The van der Waals surface area contributed by atoms with Gasteiger partial charge < -0.3 is 15.0 Å². The van der Waals surface area contributed by atoms with Gasteiger partial charge in [0.1, 0.15) is 5.56 Å². The van der Waals surface area contributed by atoms with Crippen LogP contribution in [0, 0.1) is 5.92 Å². The van der Waals surface area contributed by atoms with Crippen LogP contribution in [0.5, 0.6) is 5.88 Å². The van der Waals surface area contributed by atoms with Crippen LogP contribution in [0.15, 0.2) is 6.20 Å². The van der Waals surface area contributed by atoms with Crippen molar-refractivity contribution in [2.45, 2.75) is 44.6 Å². The summed E-state index contributed by atoms with van der Waals surface area (Å²) in [6.07, 6.45) is 7.90. The SMILES string of the molecule is COc1nn(C)cc1C(=O)N1CCC[C@H](C(=O)NC2CCCC2)C1. The highest BCUT2D eigenvalue weighted by Crippen LogP contribution is 2.24. The van der Waals surface area contributed by atoms with Gasteiger partial charge in [0.15, 0.2) is 0 Å². The number of methoxy groups -OCH3 is 1. The number of likely N-dealkylation sites (tertiary alicyclic amines) is 1. The first-order valence-electron chi connectivity index (χ1n) is 8.75. The van der Waals surface area contributed by atoms with E-state index in [4.69, 9.17) is 4.74 Å². The predicted octanol–water partition coefficient (Wildman–Crippen LogP) is 1.34. The molecule has 1 aromatic heterocycles. The second-order valence-corrected chi connectivity index (χ2v) is 6.81. The topological polar surface area (TPSA) is 76.5 Å². The smallest absolute Gasteiger partial charge is 0.260 e. The number of carbonyl (C=O) groups is 2. The fraction of sp³-hybridized carbons (Fsp3) is 0.706. The third-order valence-electron chi connectivity index (χ3n) is 5.00. The average Bonchev–Trinajstić information content (AvgIpc) is 3.23. The second-order valence-electron chi connectivity index (χ2n) is 6.81. The van der Waals surface area contributed by atoms with Crippen LogP contribution in [0.2, 0.25) is 0 Å². The van der Waals surface area contributed by atoms with Crippen LogP contribution in [-0.2, 0) is 11.8 Å². The molecule has 0 spiro atoms. The maximum absolute atomic E-state index is 12.8. The van der Waals surface area contributed by atoms with E-state index in [1.807, 2.05) is 0 Å². The number of hydrogen-bond acceptors (Lipinski definition) is 4. The van der Waals surface area contributed by atoms with Crippen LogP contribution in [0.4, 0.5) is 0 Å². The van der Waals surface area contributed by atoms with Gasteiger partial charge in [-0.1, -0.05) is 12.8 Å². The van der Waals surface area contributed by atoms with E-state index in [1.165, 1.54) is 20.0 Å². The van der Waals surface area contributed by atoms with Crippen molar-refractivity contribution < 1.29 is 14.3 Å². The highest BCUT2D eigenvalue weighted by molar-refractivity contribution is 5.96. The Balaban J connectivity index is 1.64. The summed E-state index contributed by atoms with van der Waals surface area (Å²) < 4.78 is 6.75. The predicted molar refractivity (Wildman–Crippen MR) is 88.8 cm³/mol. The third kappa shape index (κ3) is 3.55. The number of nitrogens with one attached hydrogen (secondary N) is 1. The Morgan fingerprint density at radius 2 is 2.00 bits per heavy atom. The molecule has 2 aliphatic rings. The van der Waals surface area contributed by atoms with Gasteiger partial charge in [-0.3, -0.25) is 14.3 Å². The molecule has 1 aromatic rings. The number of ether oxygens (including phenoxy) is 1. The minimum atomic E-state index is -0.119. The summed E-state index contributed by atoms with van der Waals surface area (Å²) in [5, 5.41) is 7.29. The Morgan fingerprint density at radius 1 is 1.25 bits per heavy atom. The molecule has 1 saturated carbocycles. The summed E-state index contributed by atoms with van der Waals surface area (Å²) in [6.45, 7) is 1.14. The number of nitrogens with zero attached hydrogens (tertiary/aromatic N) is 3. The first kappa shape index (κ1) is 16.8. The molecule has 0 bridgehead atoms. The number of aryl methyl sites for hydroxylation is 1. The lowest BCUT2D eigenvalue weighted by molar-refractivity contribution is -0.127. The first-order valence-corrected chi connectivity index (χ1v) is 8.75. The van der Waals surface area contributed by atoms with Gasteiger partial charge in [-0.15, -0.1) is 5.10 Å². The van der Waals surface area contributed by atoms with E-state index in [-0.39, 0.29) is 17.7 Å². The minimum Gasteiger partial charge on any atom is -0.479 e. The maximum Gasteiger partial charge on any atom is 0.260 e. The highest BCUT2D eigenvalue weighted by atomic mass is 16.5. The molecular formula is C17H26N4O3. The van der Waals surface area contributed by atoms with Gasteiger partial charge in [-0.25, -0.2) is 0 Å². The van der Waals surface area contributed by atoms with Crippen LogP contribution in [0.25, 0.3) is 0 Å². The summed E-state index contributed by atoms with van der Waals surface area (Å²) in [4.78, 5) is 27.0. The quantitative estimate of drug-likeness (QED) is 0.901. The average molecular weight is 334 g/mol. The van der Waals surface area contributed by atoms with Crippen molar-refractivity contribution in [3.63, 3.8) is 0 Å². The summed E-state index contributed by atoms with van der Waals surface area (Å²) >= 11 is 0. The Labute approximate surface area is 142 Å². The lowest BCUT2D eigenvalue weighted by Crippen LogP contribution is -2.47. The number of piperidine rings is 1. The molecular weight excluding hydrogens is 308 g/mol. The van der Waals surface area contributed by atoms with E-state index in [9.17, 15) is 9.59 Å². The molecule has 7 heteroatoms. The fourth-order valence-electron chi connectivity index (χ4n) is 3.70. The molecule has 0 unspecified atom stereocenters. The molecule has 1 atom stereocenters. The van der Waals surface area contributed by atoms with Crippen molar-refractivity contribution in [2.24, 2.45) is 13.0 Å². The Kier molecular flexibility index (Phi) is 5.06. The number of amides is 2. The lowest BCUT2D eigenvalue weighted by atomic mass is 9.96. The van der Waals surface area contributed by atoms with Gasteiger partial charge in [0.05, 0.1) is 13.0 Å². The van der Waals surface area contributed by atoms with E-state index in [2.05, 4.69) is 10.4 Å². The van der Waals surface area contributed by atoms with E-state index < -0.39 is 0 Å².